The Hall–Kier alpha value is -1.55. The van der Waals surface area contributed by atoms with Gasteiger partial charge >= 0.3 is 5.97 Å². The summed E-state index contributed by atoms with van der Waals surface area (Å²) in [6.45, 7) is 5.65. The van der Waals surface area contributed by atoms with Gasteiger partial charge in [0.05, 0.1) is 5.41 Å². The molecule has 132 valence electrons. The summed E-state index contributed by atoms with van der Waals surface area (Å²) >= 11 is 5.95. The monoisotopic (exact) mass is 351 g/mol. The van der Waals surface area contributed by atoms with E-state index >= 15 is 0 Å². The van der Waals surface area contributed by atoms with E-state index in [1.807, 2.05) is 32.9 Å². The summed E-state index contributed by atoms with van der Waals surface area (Å²) in [6, 6.07) is 7.35. The molecule has 1 aromatic carbocycles. The molecule has 0 bridgehead atoms. The summed E-state index contributed by atoms with van der Waals surface area (Å²) in [4.78, 5) is 24.8. The number of rotatable bonds is 6. The molecule has 1 aromatic rings. The third-order valence-electron chi connectivity index (χ3n) is 4.94. The smallest absolute Gasteiger partial charge is 0.317 e. The van der Waals surface area contributed by atoms with Gasteiger partial charge in [0.15, 0.2) is 6.61 Å². The molecule has 5 heteroatoms. The fourth-order valence-electron chi connectivity index (χ4n) is 3.13. The Labute approximate surface area is 148 Å². The molecule has 1 fully saturated rings. The largest absolute Gasteiger partial charge is 0.455 e. The Morgan fingerprint density at radius 1 is 1.21 bits per heavy atom. The first kappa shape index (κ1) is 18.8. The van der Waals surface area contributed by atoms with Crippen LogP contribution in [0.25, 0.3) is 0 Å². The summed E-state index contributed by atoms with van der Waals surface area (Å²) in [7, 11) is 0. The molecular weight excluding hydrogens is 326 g/mol. The molecule has 0 radical (unpaired) electrons. The Morgan fingerprint density at radius 3 is 2.33 bits per heavy atom. The van der Waals surface area contributed by atoms with Crippen LogP contribution in [0.15, 0.2) is 24.3 Å². The van der Waals surface area contributed by atoms with E-state index in [2.05, 4.69) is 5.32 Å². The predicted molar refractivity (Wildman–Crippen MR) is 95.1 cm³/mol. The summed E-state index contributed by atoms with van der Waals surface area (Å²) in [5.74, 6) is -0.578. The number of carbonyl (C=O) groups is 2. The zero-order valence-corrected chi connectivity index (χ0v) is 15.4. The van der Waals surface area contributed by atoms with Gasteiger partial charge in [0, 0.05) is 10.6 Å². The number of hydrogen-bond donors (Lipinski definition) is 1. The van der Waals surface area contributed by atoms with E-state index in [0.29, 0.717) is 5.02 Å². The summed E-state index contributed by atoms with van der Waals surface area (Å²) in [5.41, 5.74) is -0.0285. The number of halogens is 1. The van der Waals surface area contributed by atoms with Crippen molar-refractivity contribution < 1.29 is 14.3 Å². The van der Waals surface area contributed by atoms with Crippen LogP contribution in [-0.4, -0.2) is 24.0 Å². The van der Waals surface area contributed by atoms with Crippen molar-refractivity contribution in [2.45, 2.75) is 63.8 Å². The summed E-state index contributed by atoms with van der Waals surface area (Å²) in [6.07, 6.45) is 4.26. The highest BCUT2D eigenvalue weighted by Gasteiger charge is 2.44. The van der Waals surface area contributed by atoms with Crippen molar-refractivity contribution in [1.29, 1.82) is 0 Å². The molecule has 1 amide bonds. The van der Waals surface area contributed by atoms with Crippen molar-refractivity contribution in [1.82, 2.24) is 5.32 Å². The van der Waals surface area contributed by atoms with Crippen LogP contribution >= 0.6 is 11.6 Å². The van der Waals surface area contributed by atoms with Crippen LogP contribution in [0.5, 0.6) is 0 Å². The first-order valence-corrected chi connectivity index (χ1v) is 8.91. The number of ether oxygens (including phenoxy) is 1. The van der Waals surface area contributed by atoms with E-state index in [0.717, 1.165) is 37.7 Å². The molecule has 0 heterocycles. The van der Waals surface area contributed by atoms with Gasteiger partial charge in [-0.2, -0.15) is 0 Å². The lowest BCUT2D eigenvalue weighted by atomic mass is 9.79. The topological polar surface area (TPSA) is 55.4 Å². The number of nitrogens with one attached hydrogen (secondary N) is 1. The normalized spacial score (nSPS) is 16.7. The molecule has 1 aliphatic carbocycles. The van der Waals surface area contributed by atoms with E-state index < -0.39 is 5.41 Å². The van der Waals surface area contributed by atoms with Gasteiger partial charge < -0.3 is 10.1 Å². The second kappa shape index (κ2) is 7.56. The molecule has 0 unspecified atom stereocenters. The molecule has 1 aliphatic rings. The lowest BCUT2D eigenvalue weighted by Gasteiger charge is -2.28. The average molecular weight is 352 g/mol. The molecule has 0 atom stereocenters. The molecule has 0 spiro atoms. The van der Waals surface area contributed by atoms with Crippen molar-refractivity contribution in [2.75, 3.05) is 6.61 Å². The zero-order valence-electron chi connectivity index (χ0n) is 14.7. The lowest BCUT2D eigenvalue weighted by Crippen LogP contribution is -2.45. The number of amides is 1. The predicted octanol–water partition coefficient (Wildman–Crippen LogP) is 4.00. The first-order valence-electron chi connectivity index (χ1n) is 8.53. The van der Waals surface area contributed by atoms with Crippen LogP contribution in [0.2, 0.25) is 5.02 Å². The van der Waals surface area contributed by atoms with Gasteiger partial charge in [-0.05, 0) is 50.8 Å². The second-order valence-electron chi connectivity index (χ2n) is 7.16. The van der Waals surface area contributed by atoms with Crippen LogP contribution in [0.3, 0.4) is 0 Å². The highest BCUT2D eigenvalue weighted by molar-refractivity contribution is 6.30. The van der Waals surface area contributed by atoms with Gasteiger partial charge in [0.2, 0.25) is 0 Å². The van der Waals surface area contributed by atoms with Crippen molar-refractivity contribution in [3.05, 3.63) is 34.9 Å². The van der Waals surface area contributed by atoms with Crippen molar-refractivity contribution in [3.63, 3.8) is 0 Å². The van der Waals surface area contributed by atoms with E-state index in [-0.39, 0.29) is 24.0 Å². The third kappa shape index (κ3) is 4.29. The quantitative estimate of drug-likeness (QED) is 0.788. The Morgan fingerprint density at radius 2 is 1.79 bits per heavy atom. The first-order chi connectivity index (χ1) is 11.3. The van der Waals surface area contributed by atoms with Gasteiger partial charge in [-0.25, -0.2) is 0 Å². The highest BCUT2D eigenvalue weighted by Crippen LogP contribution is 2.42. The van der Waals surface area contributed by atoms with E-state index in [1.165, 1.54) is 0 Å². The lowest BCUT2D eigenvalue weighted by molar-refractivity contribution is -0.154. The van der Waals surface area contributed by atoms with E-state index in [1.54, 1.807) is 12.1 Å². The average Bonchev–Trinajstić information content (AvgIpc) is 3.04. The van der Waals surface area contributed by atoms with Crippen LogP contribution in [0, 0.1) is 0 Å². The number of esters is 1. The Balaban J connectivity index is 2.05. The van der Waals surface area contributed by atoms with Gasteiger partial charge in [-0.1, -0.05) is 43.5 Å². The molecule has 0 aliphatic heterocycles. The summed E-state index contributed by atoms with van der Waals surface area (Å²) in [5, 5.41) is 3.52. The number of carbonyl (C=O) groups excluding carboxylic acids is 2. The fraction of sp³-hybridized carbons (Fsp3) is 0.579. The van der Waals surface area contributed by atoms with Crippen LogP contribution in [-0.2, 0) is 19.7 Å². The molecule has 0 aromatic heterocycles. The molecule has 0 saturated heterocycles. The Kier molecular flexibility index (Phi) is 5.92. The minimum Gasteiger partial charge on any atom is -0.455 e. The van der Waals surface area contributed by atoms with Gasteiger partial charge in [0.25, 0.3) is 5.91 Å². The van der Waals surface area contributed by atoms with E-state index in [9.17, 15) is 9.59 Å². The maximum Gasteiger partial charge on any atom is 0.317 e. The van der Waals surface area contributed by atoms with Gasteiger partial charge in [-0.3, -0.25) is 9.59 Å². The molecular formula is C19H26ClNO3. The molecule has 4 nitrogen and oxygen atoms in total. The maximum atomic E-state index is 12.8. The zero-order chi connectivity index (χ0) is 17.8. The van der Waals surface area contributed by atoms with Crippen molar-refractivity contribution in [3.8, 4) is 0 Å². The molecule has 2 rings (SSSR count). The maximum absolute atomic E-state index is 12.8. The van der Waals surface area contributed by atoms with Crippen molar-refractivity contribution >= 4 is 23.5 Å². The van der Waals surface area contributed by atoms with Crippen molar-refractivity contribution in [2.24, 2.45) is 0 Å². The van der Waals surface area contributed by atoms with Crippen LogP contribution < -0.4 is 5.32 Å². The van der Waals surface area contributed by atoms with Crippen LogP contribution in [0.1, 0.15) is 58.4 Å². The number of benzene rings is 1. The highest BCUT2D eigenvalue weighted by atomic mass is 35.5. The van der Waals surface area contributed by atoms with E-state index in [4.69, 9.17) is 16.3 Å². The summed E-state index contributed by atoms with van der Waals surface area (Å²) < 4.78 is 5.38. The fourth-order valence-corrected chi connectivity index (χ4v) is 3.26. The van der Waals surface area contributed by atoms with Gasteiger partial charge in [0.1, 0.15) is 0 Å². The molecule has 24 heavy (non-hydrogen) atoms. The molecule has 1 saturated carbocycles. The number of hydrogen-bond acceptors (Lipinski definition) is 3. The minimum absolute atomic E-state index is 0.238. The van der Waals surface area contributed by atoms with Crippen LogP contribution in [0.4, 0.5) is 0 Å². The Bertz CT molecular complexity index is 589. The van der Waals surface area contributed by atoms with Gasteiger partial charge in [-0.15, -0.1) is 0 Å². The standard InChI is InChI=1S/C19H26ClNO3/c1-4-18(2,3)21-16(22)13-24-17(23)19(11-5-6-12-19)14-7-9-15(20)10-8-14/h7-10H,4-6,11-13H2,1-3H3,(H,21,22). The minimum atomic E-state index is -0.648. The molecule has 1 N–H and O–H groups in total. The SMILES string of the molecule is CCC(C)(C)NC(=O)COC(=O)C1(c2ccc(Cl)cc2)CCCC1. The third-order valence-corrected chi connectivity index (χ3v) is 5.19. The second-order valence-corrected chi connectivity index (χ2v) is 7.59.